The average Bonchev–Trinajstić information content (AvgIpc) is 3.33. The van der Waals surface area contributed by atoms with Gasteiger partial charge in [-0.1, -0.05) is 0 Å². The van der Waals surface area contributed by atoms with Crippen LogP contribution in [0.25, 0.3) is 0 Å². The van der Waals surface area contributed by atoms with E-state index in [0.29, 0.717) is 11.7 Å². The van der Waals surface area contributed by atoms with Crippen molar-refractivity contribution in [2.75, 3.05) is 5.32 Å². The number of anilines is 1. The van der Waals surface area contributed by atoms with Gasteiger partial charge in [0.1, 0.15) is 5.82 Å². The molecule has 5 heteroatoms. The summed E-state index contributed by atoms with van der Waals surface area (Å²) in [6.45, 7) is 0. The summed E-state index contributed by atoms with van der Waals surface area (Å²) >= 11 is 0. The van der Waals surface area contributed by atoms with Crippen molar-refractivity contribution in [1.82, 2.24) is 5.32 Å². The first-order valence-corrected chi connectivity index (χ1v) is 7.98. The van der Waals surface area contributed by atoms with Crippen LogP contribution in [0.5, 0.6) is 0 Å². The fraction of sp³-hybridized carbons (Fsp3) is 0.529. The molecule has 2 amide bonds. The summed E-state index contributed by atoms with van der Waals surface area (Å²) in [6, 6.07) is 6.17. The minimum Gasteiger partial charge on any atom is -0.353 e. The summed E-state index contributed by atoms with van der Waals surface area (Å²) in [4.78, 5) is 24.2. The first-order valence-electron chi connectivity index (χ1n) is 7.98. The number of amides is 2. The monoisotopic (exact) mass is 304 g/mol. The van der Waals surface area contributed by atoms with Gasteiger partial charge in [0.05, 0.1) is 0 Å². The largest absolute Gasteiger partial charge is 0.353 e. The maximum Gasteiger partial charge on any atom is 0.227 e. The molecule has 2 saturated carbocycles. The maximum atomic E-state index is 12.8. The first kappa shape index (κ1) is 15.0. The number of hydrogen-bond acceptors (Lipinski definition) is 2. The Kier molecular flexibility index (Phi) is 4.41. The van der Waals surface area contributed by atoms with E-state index in [1.54, 1.807) is 12.1 Å². The van der Waals surface area contributed by atoms with Crippen LogP contribution >= 0.6 is 0 Å². The molecule has 0 aromatic heterocycles. The van der Waals surface area contributed by atoms with Gasteiger partial charge in [0, 0.05) is 23.6 Å². The van der Waals surface area contributed by atoms with Gasteiger partial charge in [0.15, 0.2) is 0 Å². The van der Waals surface area contributed by atoms with Gasteiger partial charge in [0.2, 0.25) is 11.8 Å². The highest BCUT2D eigenvalue weighted by Gasteiger charge is 2.32. The lowest BCUT2D eigenvalue weighted by Gasteiger charge is -2.27. The molecule has 4 nitrogen and oxygen atoms in total. The van der Waals surface area contributed by atoms with Crippen molar-refractivity contribution in [3.8, 4) is 0 Å². The highest BCUT2D eigenvalue weighted by molar-refractivity contribution is 5.92. The van der Waals surface area contributed by atoms with Gasteiger partial charge in [-0.05, 0) is 62.8 Å². The van der Waals surface area contributed by atoms with Crippen molar-refractivity contribution in [3.63, 3.8) is 0 Å². The molecule has 2 aliphatic carbocycles. The molecule has 0 aliphatic heterocycles. The number of rotatable bonds is 4. The summed E-state index contributed by atoms with van der Waals surface area (Å²) in [5.74, 6) is -0.210. The molecule has 22 heavy (non-hydrogen) atoms. The number of nitrogens with one attached hydrogen (secondary N) is 2. The molecular formula is C17H21FN2O2. The zero-order valence-corrected chi connectivity index (χ0v) is 12.5. The van der Waals surface area contributed by atoms with E-state index in [4.69, 9.17) is 0 Å². The lowest BCUT2D eigenvalue weighted by molar-refractivity contribution is -0.128. The minimum atomic E-state index is -0.319. The van der Waals surface area contributed by atoms with E-state index < -0.39 is 0 Å². The Hall–Kier alpha value is -1.91. The molecule has 2 fully saturated rings. The van der Waals surface area contributed by atoms with E-state index >= 15 is 0 Å². The van der Waals surface area contributed by atoms with Gasteiger partial charge >= 0.3 is 0 Å². The minimum absolute atomic E-state index is 0.0346. The Morgan fingerprint density at radius 3 is 1.95 bits per heavy atom. The van der Waals surface area contributed by atoms with Crippen LogP contribution in [0.15, 0.2) is 24.3 Å². The lowest BCUT2D eigenvalue weighted by atomic mass is 9.81. The van der Waals surface area contributed by atoms with Crippen molar-refractivity contribution in [1.29, 1.82) is 0 Å². The van der Waals surface area contributed by atoms with Crippen LogP contribution < -0.4 is 10.6 Å². The van der Waals surface area contributed by atoms with Gasteiger partial charge in [-0.3, -0.25) is 9.59 Å². The van der Waals surface area contributed by atoms with Gasteiger partial charge in [-0.2, -0.15) is 0 Å². The van der Waals surface area contributed by atoms with Crippen molar-refractivity contribution in [3.05, 3.63) is 30.1 Å². The topological polar surface area (TPSA) is 58.2 Å². The zero-order chi connectivity index (χ0) is 15.5. The molecule has 0 spiro atoms. The van der Waals surface area contributed by atoms with Crippen LogP contribution in [0.4, 0.5) is 10.1 Å². The molecule has 3 rings (SSSR count). The molecule has 0 radical (unpaired) electrons. The number of carbonyl (C=O) groups excluding carboxylic acids is 2. The van der Waals surface area contributed by atoms with E-state index in [1.165, 1.54) is 12.1 Å². The number of halogens is 1. The quantitative estimate of drug-likeness (QED) is 0.898. The Balaban J connectivity index is 1.46. The Bertz CT molecular complexity index is 546. The third-order valence-electron chi connectivity index (χ3n) is 4.50. The van der Waals surface area contributed by atoms with Crippen LogP contribution in [0, 0.1) is 17.7 Å². The van der Waals surface area contributed by atoms with E-state index in [2.05, 4.69) is 10.6 Å². The molecule has 0 saturated heterocycles. The fourth-order valence-corrected chi connectivity index (χ4v) is 2.94. The number of carbonyl (C=O) groups is 2. The molecule has 118 valence electrons. The normalized spacial score (nSPS) is 24.6. The summed E-state index contributed by atoms with van der Waals surface area (Å²) in [6.07, 6.45) is 5.19. The fourth-order valence-electron chi connectivity index (χ4n) is 2.94. The van der Waals surface area contributed by atoms with E-state index in [0.717, 1.165) is 38.5 Å². The third kappa shape index (κ3) is 3.84. The van der Waals surface area contributed by atoms with Crippen molar-refractivity contribution in [2.24, 2.45) is 11.8 Å². The van der Waals surface area contributed by atoms with Crippen molar-refractivity contribution >= 4 is 17.5 Å². The molecular weight excluding hydrogens is 283 g/mol. The predicted molar refractivity (Wildman–Crippen MR) is 81.6 cm³/mol. The second kappa shape index (κ2) is 6.46. The van der Waals surface area contributed by atoms with Crippen molar-refractivity contribution in [2.45, 2.75) is 44.6 Å². The number of hydrogen-bond donors (Lipinski definition) is 2. The van der Waals surface area contributed by atoms with Gasteiger partial charge in [-0.15, -0.1) is 0 Å². The van der Waals surface area contributed by atoms with Crippen LogP contribution in [-0.4, -0.2) is 17.9 Å². The van der Waals surface area contributed by atoms with Crippen LogP contribution in [0.1, 0.15) is 38.5 Å². The molecule has 0 unspecified atom stereocenters. The summed E-state index contributed by atoms with van der Waals surface area (Å²) in [5.41, 5.74) is 0.611. The summed E-state index contributed by atoms with van der Waals surface area (Å²) in [5, 5.41) is 5.86. The van der Waals surface area contributed by atoms with Crippen LogP contribution in [0.2, 0.25) is 0 Å². The van der Waals surface area contributed by atoms with E-state index in [-0.39, 0.29) is 29.5 Å². The lowest BCUT2D eigenvalue weighted by Crippen LogP contribution is -2.36. The van der Waals surface area contributed by atoms with Crippen LogP contribution in [-0.2, 0) is 9.59 Å². The molecule has 2 aliphatic rings. The van der Waals surface area contributed by atoms with Gasteiger partial charge in [-0.25, -0.2) is 4.39 Å². The van der Waals surface area contributed by atoms with E-state index in [1.807, 2.05) is 0 Å². The molecule has 2 N–H and O–H groups in total. The van der Waals surface area contributed by atoms with Gasteiger partial charge < -0.3 is 10.6 Å². The highest BCUT2D eigenvalue weighted by atomic mass is 19.1. The molecule has 0 heterocycles. The Morgan fingerprint density at radius 2 is 1.41 bits per heavy atom. The maximum absolute atomic E-state index is 12.8. The second-order valence-corrected chi connectivity index (χ2v) is 6.33. The molecule has 0 atom stereocenters. The average molecular weight is 304 g/mol. The third-order valence-corrected chi connectivity index (χ3v) is 4.50. The SMILES string of the molecule is O=C(Nc1ccc(F)cc1)C1CCC(C(=O)NC2CC2)CC1. The zero-order valence-electron chi connectivity index (χ0n) is 12.5. The van der Waals surface area contributed by atoms with E-state index in [9.17, 15) is 14.0 Å². The molecule has 1 aromatic rings. The second-order valence-electron chi connectivity index (χ2n) is 6.33. The summed E-state index contributed by atoms with van der Waals surface area (Å²) < 4.78 is 12.8. The van der Waals surface area contributed by atoms with Crippen LogP contribution in [0.3, 0.4) is 0 Å². The standard InChI is InChI=1S/C17H21FN2O2/c18-13-5-7-14(8-6-13)19-16(21)11-1-3-12(4-2-11)17(22)20-15-9-10-15/h5-8,11-12,15H,1-4,9-10H2,(H,19,21)(H,20,22). The molecule has 1 aromatic carbocycles. The Labute approximate surface area is 129 Å². The first-order chi connectivity index (χ1) is 10.6. The highest BCUT2D eigenvalue weighted by Crippen LogP contribution is 2.31. The predicted octanol–water partition coefficient (Wildman–Crippen LogP) is 2.85. The molecule has 0 bridgehead atoms. The van der Waals surface area contributed by atoms with Gasteiger partial charge in [0.25, 0.3) is 0 Å². The number of benzene rings is 1. The van der Waals surface area contributed by atoms with Crippen molar-refractivity contribution < 1.29 is 14.0 Å². The Morgan fingerprint density at radius 1 is 0.864 bits per heavy atom. The smallest absolute Gasteiger partial charge is 0.227 e. The summed E-state index contributed by atoms with van der Waals surface area (Å²) in [7, 11) is 0.